The molecule has 0 bridgehead atoms. The van der Waals surface area contributed by atoms with Crippen LogP contribution < -0.4 is 14.4 Å². The number of nitrogens with zero attached hydrogens (tertiary/aromatic N) is 2. The number of benzene rings is 3. The van der Waals surface area contributed by atoms with Gasteiger partial charge in [0.2, 0.25) is 6.79 Å². The van der Waals surface area contributed by atoms with Crippen molar-refractivity contribution in [3.05, 3.63) is 86.7 Å². The van der Waals surface area contributed by atoms with Crippen molar-refractivity contribution in [3.63, 3.8) is 0 Å². The smallest absolute Gasteiger partial charge is 0.271 e. The molecule has 0 saturated carbocycles. The van der Waals surface area contributed by atoms with Gasteiger partial charge in [-0.3, -0.25) is 9.69 Å². The highest BCUT2D eigenvalue weighted by molar-refractivity contribution is 9.10. The van der Waals surface area contributed by atoms with Gasteiger partial charge in [-0.1, -0.05) is 52.3 Å². The van der Waals surface area contributed by atoms with Crippen molar-refractivity contribution < 1.29 is 14.3 Å². The second-order valence-corrected chi connectivity index (χ2v) is 9.31. The van der Waals surface area contributed by atoms with Gasteiger partial charge in [-0.25, -0.2) is 4.99 Å². The van der Waals surface area contributed by atoms with Crippen LogP contribution in [0.2, 0.25) is 0 Å². The van der Waals surface area contributed by atoms with Crippen LogP contribution in [0, 0.1) is 13.8 Å². The number of amidine groups is 1. The van der Waals surface area contributed by atoms with Gasteiger partial charge < -0.3 is 9.47 Å². The van der Waals surface area contributed by atoms with E-state index in [1.165, 1.54) is 11.8 Å². The van der Waals surface area contributed by atoms with E-state index in [-0.39, 0.29) is 12.7 Å². The summed E-state index contributed by atoms with van der Waals surface area (Å²) in [6.07, 6.45) is 1.87. The molecule has 1 saturated heterocycles. The second kappa shape index (κ2) is 8.48. The summed E-state index contributed by atoms with van der Waals surface area (Å²) in [4.78, 5) is 20.7. The van der Waals surface area contributed by atoms with Gasteiger partial charge in [0.15, 0.2) is 16.7 Å². The van der Waals surface area contributed by atoms with Crippen LogP contribution in [0.4, 0.5) is 11.4 Å². The average Bonchev–Trinajstić information content (AvgIpc) is 3.34. The zero-order chi connectivity index (χ0) is 22.2. The van der Waals surface area contributed by atoms with Gasteiger partial charge in [0, 0.05) is 4.47 Å². The number of thioether (sulfide) groups is 1. The van der Waals surface area contributed by atoms with E-state index in [1.54, 1.807) is 4.90 Å². The lowest BCUT2D eigenvalue weighted by Crippen LogP contribution is -2.29. The molecule has 5 rings (SSSR count). The number of halogens is 1. The molecule has 1 amide bonds. The predicted molar refractivity (Wildman–Crippen MR) is 133 cm³/mol. The maximum absolute atomic E-state index is 13.6. The zero-order valence-corrected chi connectivity index (χ0v) is 19.9. The summed E-state index contributed by atoms with van der Waals surface area (Å²) in [6.45, 7) is 4.21. The standard InChI is InChI=1S/C25H19BrN2O3S/c1-15-7-3-5-9-19(15)27-25-28(20-10-6-4-8-16(20)2)24(29)23(32-25)12-17-11-21-22(13-18(17)26)31-14-30-21/h3-13H,14H2,1-2H3. The lowest BCUT2D eigenvalue weighted by atomic mass is 10.1. The Kier molecular flexibility index (Phi) is 5.53. The van der Waals surface area contributed by atoms with Gasteiger partial charge in [-0.15, -0.1) is 0 Å². The SMILES string of the molecule is Cc1ccccc1N=C1SC(=Cc2cc3c(cc2Br)OCO3)C(=O)N1c1ccccc1C. The molecule has 1 fully saturated rings. The minimum atomic E-state index is -0.110. The highest BCUT2D eigenvalue weighted by Crippen LogP contribution is 2.42. The fourth-order valence-electron chi connectivity index (χ4n) is 3.55. The first-order valence-electron chi connectivity index (χ1n) is 10.0. The highest BCUT2D eigenvalue weighted by atomic mass is 79.9. The Morgan fingerprint density at radius 2 is 1.69 bits per heavy atom. The van der Waals surface area contributed by atoms with Gasteiger partial charge in [0.05, 0.1) is 16.3 Å². The Hall–Kier alpha value is -3.03. The molecule has 0 atom stereocenters. The number of carbonyl (C=O) groups is 1. The first-order chi connectivity index (χ1) is 15.5. The molecule has 3 aromatic rings. The van der Waals surface area contributed by atoms with Gasteiger partial charge in [-0.05, 0) is 72.6 Å². The molecule has 160 valence electrons. The first-order valence-corrected chi connectivity index (χ1v) is 11.7. The van der Waals surface area contributed by atoms with Crippen molar-refractivity contribution in [3.8, 4) is 11.5 Å². The summed E-state index contributed by atoms with van der Waals surface area (Å²) in [6, 6.07) is 19.5. The topological polar surface area (TPSA) is 51.1 Å². The third-order valence-electron chi connectivity index (χ3n) is 5.27. The largest absolute Gasteiger partial charge is 0.454 e. The molecule has 7 heteroatoms. The van der Waals surface area contributed by atoms with Crippen molar-refractivity contribution in [2.75, 3.05) is 11.7 Å². The van der Waals surface area contributed by atoms with E-state index in [2.05, 4.69) is 15.9 Å². The fraction of sp³-hybridized carbons (Fsp3) is 0.120. The van der Waals surface area contributed by atoms with Crippen LogP contribution >= 0.6 is 27.7 Å². The van der Waals surface area contributed by atoms with Gasteiger partial charge in [0.1, 0.15) is 0 Å². The fourth-order valence-corrected chi connectivity index (χ4v) is 4.97. The number of carbonyl (C=O) groups excluding carboxylic acids is 1. The molecule has 0 radical (unpaired) electrons. The van der Waals surface area contributed by atoms with E-state index in [9.17, 15) is 4.79 Å². The van der Waals surface area contributed by atoms with Crippen LogP contribution in [0.15, 0.2) is 75.0 Å². The number of fused-ring (bicyclic) bond motifs is 1. The van der Waals surface area contributed by atoms with Crippen LogP contribution in [0.5, 0.6) is 11.5 Å². The van der Waals surface area contributed by atoms with Gasteiger partial charge in [0.25, 0.3) is 5.91 Å². The van der Waals surface area contributed by atoms with Crippen LogP contribution in [-0.4, -0.2) is 17.9 Å². The number of aliphatic imine (C=N–C) groups is 1. The van der Waals surface area contributed by atoms with Gasteiger partial charge >= 0.3 is 0 Å². The van der Waals surface area contributed by atoms with E-state index >= 15 is 0 Å². The van der Waals surface area contributed by atoms with Crippen molar-refractivity contribution in [2.24, 2.45) is 4.99 Å². The molecular weight excluding hydrogens is 488 g/mol. The molecule has 2 aliphatic heterocycles. The van der Waals surface area contributed by atoms with E-state index in [0.29, 0.717) is 21.6 Å². The number of rotatable bonds is 3. The summed E-state index contributed by atoms with van der Waals surface area (Å²) in [5.41, 5.74) is 4.56. The second-order valence-electron chi connectivity index (χ2n) is 7.45. The normalized spacial score (nSPS) is 17.6. The molecule has 0 N–H and O–H groups in total. The third kappa shape index (κ3) is 3.82. The predicted octanol–water partition coefficient (Wildman–Crippen LogP) is 6.60. The quantitative estimate of drug-likeness (QED) is 0.375. The number of para-hydroxylation sites is 2. The summed E-state index contributed by atoms with van der Waals surface area (Å²) in [5.74, 6) is 1.24. The van der Waals surface area contributed by atoms with Crippen molar-refractivity contribution >= 4 is 56.2 Å². The maximum Gasteiger partial charge on any atom is 0.271 e. The van der Waals surface area contributed by atoms with E-state index < -0.39 is 0 Å². The number of anilines is 1. The van der Waals surface area contributed by atoms with Crippen LogP contribution in [0.1, 0.15) is 16.7 Å². The number of hydrogen-bond donors (Lipinski definition) is 0. The molecule has 2 aliphatic rings. The summed E-state index contributed by atoms with van der Waals surface area (Å²) < 4.78 is 11.8. The van der Waals surface area contributed by atoms with Crippen molar-refractivity contribution in [2.45, 2.75) is 13.8 Å². The number of aryl methyl sites for hydroxylation is 2. The van der Waals surface area contributed by atoms with Crippen LogP contribution in [0.3, 0.4) is 0 Å². The lowest BCUT2D eigenvalue weighted by molar-refractivity contribution is -0.113. The Balaban J connectivity index is 1.61. The molecule has 2 heterocycles. The summed E-state index contributed by atoms with van der Waals surface area (Å²) in [5, 5.41) is 0.627. The molecule has 0 aliphatic carbocycles. The summed E-state index contributed by atoms with van der Waals surface area (Å²) in [7, 11) is 0. The first kappa shape index (κ1) is 20.8. The molecule has 0 aromatic heterocycles. The highest BCUT2D eigenvalue weighted by Gasteiger charge is 2.35. The van der Waals surface area contributed by atoms with Crippen molar-refractivity contribution in [1.29, 1.82) is 0 Å². The van der Waals surface area contributed by atoms with E-state index in [4.69, 9.17) is 14.5 Å². The zero-order valence-electron chi connectivity index (χ0n) is 17.5. The van der Waals surface area contributed by atoms with E-state index in [1.807, 2.05) is 80.6 Å². The summed E-state index contributed by atoms with van der Waals surface area (Å²) >= 11 is 4.95. The number of hydrogen-bond acceptors (Lipinski definition) is 5. The Labute approximate surface area is 198 Å². The van der Waals surface area contributed by atoms with E-state index in [0.717, 1.165) is 32.5 Å². The number of ether oxygens (including phenoxy) is 2. The molecule has 0 unspecified atom stereocenters. The molecular formula is C25H19BrN2O3S. The third-order valence-corrected chi connectivity index (χ3v) is 6.93. The minimum absolute atomic E-state index is 0.110. The molecule has 5 nitrogen and oxygen atoms in total. The van der Waals surface area contributed by atoms with Crippen molar-refractivity contribution in [1.82, 2.24) is 0 Å². The number of amides is 1. The average molecular weight is 507 g/mol. The monoisotopic (exact) mass is 506 g/mol. The van der Waals surface area contributed by atoms with Gasteiger partial charge in [-0.2, -0.15) is 0 Å². The Morgan fingerprint density at radius 1 is 1.00 bits per heavy atom. The lowest BCUT2D eigenvalue weighted by Gasteiger charge is -2.18. The molecule has 3 aromatic carbocycles. The molecule has 0 spiro atoms. The minimum Gasteiger partial charge on any atom is -0.454 e. The molecule has 32 heavy (non-hydrogen) atoms. The maximum atomic E-state index is 13.6. The Morgan fingerprint density at radius 3 is 2.44 bits per heavy atom. The van der Waals surface area contributed by atoms with Crippen LogP contribution in [-0.2, 0) is 4.79 Å². The Bertz CT molecular complexity index is 1300. The van der Waals surface area contributed by atoms with Crippen LogP contribution in [0.25, 0.3) is 6.08 Å².